The molecule has 0 aliphatic rings. The molecular weight excluding hydrogens is 173 g/mol. The lowest BCUT2D eigenvalue weighted by molar-refractivity contribution is 0.0690. The normalized spacial score (nSPS) is 12.5. The van der Waals surface area contributed by atoms with Crippen LogP contribution in [-0.2, 0) is 0 Å². The van der Waals surface area contributed by atoms with Gasteiger partial charge in [-0.15, -0.1) is 0 Å². The quantitative estimate of drug-likeness (QED) is 0.731. The molecule has 0 aromatic heterocycles. The number of nitrogens with two attached hydrogens (primary N) is 1. The monoisotopic (exact) mass is 183 g/mol. The molecule has 1 aromatic carbocycles. The molecule has 1 atom stereocenters. The number of benzene rings is 1. The van der Waals surface area contributed by atoms with Crippen LogP contribution in [0.5, 0.6) is 0 Å². The van der Waals surface area contributed by atoms with E-state index in [2.05, 4.69) is 0 Å². The maximum absolute atomic E-state index is 13.0. The summed E-state index contributed by atoms with van der Waals surface area (Å²) in [7, 11) is 0. The van der Waals surface area contributed by atoms with E-state index in [1.165, 1.54) is 12.1 Å². The van der Waals surface area contributed by atoms with Gasteiger partial charge in [-0.05, 0) is 18.6 Å². The predicted octanol–water partition coefficient (Wildman–Crippen LogP) is 1.54. The fourth-order valence-corrected chi connectivity index (χ4v) is 1.15. The Hall–Kier alpha value is -1.42. The molecular formula is C9H10FNO2. The third-order valence-electron chi connectivity index (χ3n) is 1.75. The van der Waals surface area contributed by atoms with Crippen LogP contribution in [-0.4, -0.2) is 11.1 Å². The molecule has 0 fully saturated rings. The standard InChI is InChI=1S/C9H10FNO2/c1-5(11)6-3-2-4-7(10)8(6)9(12)13/h2-5H,11H2,1H3,(H,12,13). The molecule has 0 saturated carbocycles. The van der Waals surface area contributed by atoms with Gasteiger partial charge in [0, 0.05) is 6.04 Å². The minimum absolute atomic E-state index is 0.313. The van der Waals surface area contributed by atoms with Gasteiger partial charge in [0.2, 0.25) is 0 Å². The van der Waals surface area contributed by atoms with E-state index in [0.29, 0.717) is 5.56 Å². The molecule has 13 heavy (non-hydrogen) atoms. The highest BCUT2D eigenvalue weighted by atomic mass is 19.1. The Bertz CT molecular complexity index is 336. The van der Waals surface area contributed by atoms with Crippen LogP contribution >= 0.6 is 0 Å². The van der Waals surface area contributed by atoms with E-state index in [-0.39, 0.29) is 5.56 Å². The lowest BCUT2D eigenvalue weighted by Gasteiger charge is -2.09. The fourth-order valence-electron chi connectivity index (χ4n) is 1.15. The predicted molar refractivity (Wildman–Crippen MR) is 46.0 cm³/mol. The highest BCUT2D eigenvalue weighted by Gasteiger charge is 2.17. The Balaban J connectivity index is 3.34. The van der Waals surface area contributed by atoms with Crippen molar-refractivity contribution in [2.45, 2.75) is 13.0 Å². The summed E-state index contributed by atoms with van der Waals surface area (Å²) >= 11 is 0. The van der Waals surface area contributed by atoms with E-state index in [1.807, 2.05) is 0 Å². The number of hydrogen-bond acceptors (Lipinski definition) is 2. The first-order chi connectivity index (χ1) is 6.04. The first kappa shape index (κ1) is 9.67. The first-order valence-electron chi connectivity index (χ1n) is 3.81. The molecule has 0 spiro atoms. The van der Waals surface area contributed by atoms with Crippen molar-refractivity contribution >= 4 is 5.97 Å². The second-order valence-electron chi connectivity index (χ2n) is 2.80. The lowest BCUT2D eigenvalue weighted by atomic mass is 10.0. The lowest BCUT2D eigenvalue weighted by Crippen LogP contribution is -2.13. The van der Waals surface area contributed by atoms with Crippen molar-refractivity contribution in [2.75, 3.05) is 0 Å². The van der Waals surface area contributed by atoms with Crippen LogP contribution in [0.3, 0.4) is 0 Å². The summed E-state index contributed by atoms with van der Waals surface area (Å²) in [5.74, 6) is -2.03. The van der Waals surface area contributed by atoms with Gasteiger partial charge in [-0.1, -0.05) is 12.1 Å². The molecule has 0 aliphatic carbocycles. The zero-order chi connectivity index (χ0) is 10.0. The van der Waals surface area contributed by atoms with Gasteiger partial charge >= 0.3 is 5.97 Å². The maximum Gasteiger partial charge on any atom is 0.339 e. The van der Waals surface area contributed by atoms with Crippen LogP contribution < -0.4 is 5.73 Å². The summed E-state index contributed by atoms with van der Waals surface area (Å²) in [5.41, 5.74) is 5.47. The van der Waals surface area contributed by atoms with Gasteiger partial charge in [0.15, 0.2) is 0 Å². The number of carboxylic acids is 1. The molecule has 0 amide bonds. The Morgan fingerprint density at radius 1 is 1.62 bits per heavy atom. The summed E-state index contributed by atoms with van der Waals surface area (Å²) in [6, 6.07) is 3.58. The minimum Gasteiger partial charge on any atom is -0.478 e. The van der Waals surface area contributed by atoms with Gasteiger partial charge in [0.1, 0.15) is 5.82 Å². The highest BCUT2D eigenvalue weighted by molar-refractivity contribution is 5.89. The zero-order valence-corrected chi connectivity index (χ0v) is 7.12. The van der Waals surface area contributed by atoms with Crippen LogP contribution in [0.4, 0.5) is 4.39 Å². The van der Waals surface area contributed by atoms with E-state index < -0.39 is 17.8 Å². The average molecular weight is 183 g/mol. The maximum atomic E-state index is 13.0. The second kappa shape index (κ2) is 3.53. The van der Waals surface area contributed by atoms with E-state index in [1.54, 1.807) is 6.92 Å². The number of hydrogen-bond donors (Lipinski definition) is 2. The topological polar surface area (TPSA) is 63.3 Å². The van der Waals surface area contributed by atoms with Gasteiger partial charge < -0.3 is 10.8 Å². The second-order valence-corrected chi connectivity index (χ2v) is 2.80. The van der Waals surface area contributed by atoms with E-state index >= 15 is 0 Å². The number of aromatic carboxylic acids is 1. The zero-order valence-electron chi connectivity index (χ0n) is 7.12. The van der Waals surface area contributed by atoms with Crippen molar-refractivity contribution in [3.63, 3.8) is 0 Å². The van der Waals surface area contributed by atoms with Crippen LogP contribution in [0.15, 0.2) is 18.2 Å². The Labute approximate surface area is 75.0 Å². The van der Waals surface area contributed by atoms with Crippen molar-refractivity contribution in [3.05, 3.63) is 35.1 Å². The Morgan fingerprint density at radius 2 is 2.23 bits per heavy atom. The smallest absolute Gasteiger partial charge is 0.339 e. The summed E-state index contributed by atoms with van der Waals surface area (Å²) in [5, 5.41) is 8.70. The third-order valence-corrected chi connectivity index (χ3v) is 1.75. The molecule has 1 aromatic rings. The molecule has 70 valence electrons. The van der Waals surface area contributed by atoms with Crippen molar-refractivity contribution in [1.29, 1.82) is 0 Å². The molecule has 0 saturated heterocycles. The average Bonchev–Trinajstić information content (AvgIpc) is 2.02. The summed E-state index contributed by atoms with van der Waals surface area (Å²) < 4.78 is 13.0. The van der Waals surface area contributed by atoms with Crippen molar-refractivity contribution in [1.82, 2.24) is 0 Å². The van der Waals surface area contributed by atoms with Gasteiger partial charge in [-0.3, -0.25) is 0 Å². The molecule has 0 heterocycles. The van der Waals surface area contributed by atoms with E-state index in [9.17, 15) is 9.18 Å². The van der Waals surface area contributed by atoms with Crippen LogP contribution in [0.1, 0.15) is 28.9 Å². The molecule has 1 unspecified atom stereocenters. The van der Waals surface area contributed by atoms with Gasteiger partial charge in [0.25, 0.3) is 0 Å². The third kappa shape index (κ3) is 1.84. The molecule has 0 aliphatic heterocycles. The fraction of sp³-hybridized carbons (Fsp3) is 0.222. The number of carboxylic acid groups (broad SMARTS) is 1. The van der Waals surface area contributed by atoms with Crippen molar-refractivity contribution < 1.29 is 14.3 Å². The minimum atomic E-state index is -1.29. The largest absolute Gasteiger partial charge is 0.478 e. The Kier molecular flexibility index (Phi) is 2.63. The molecule has 0 bridgehead atoms. The van der Waals surface area contributed by atoms with Gasteiger partial charge in [-0.2, -0.15) is 0 Å². The van der Waals surface area contributed by atoms with Crippen LogP contribution in [0.2, 0.25) is 0 Å². The van der Waals surface area contributed by atoms with Crippen molar-refractivity contribution in [3.8, 4) is 0 Å². The SMILES string of the molecule is CC(N)c1cccc(F)c1C(=O)O. The summed E-state index contributed by atoms with van der Waals surface area (Å²) in [6.07, 6.45) is 0. The Morgan fingerprint density at radius 3 is 2.62 bits per heavy atom. The van der Waals surface area contributed by atoms with Crippen LogP contribution in [0, 0.1) is 5.82 Å². The molecule has 0 radical (unpaired) electrons. The summed E-state index contributed by atoms with van der Waals surface area (Å²) in [4.78, 5) is 10.7. The van der Waals surface area contributed by atoms with E-state index in [0.717, 1.165) is 6.07 Å². The van der Waals surface area contributed by atoms with Crippen LogP contribution in [0.25, 0.3) is 0 Å². The molecule has 3 nitrogen and oxygen atoms in total. The first-order valence-corrected chi connectivity index (χ1v) is 3.81. The molecule has 3 N–H and O–H groups in total. The number of carbonyl (C=O) groups is 1. The number of halogens is 1. The van der Waals surface area contributed by atoms with Gasteiger partial charge in [0.05, 0.1) is 5.56 Å². The molecule has 1 rings (SSSR count). The van der Waals surface area contributed by atoms with E-state index in [4.69, 9.17) is 10.8 Å². The highest BCUT2D eigenvalue weighted by Crippen LogP contribution is 2.18. The van der Waals surface area contributed by atoms with Gasteiger partial charge in [-0.25, -0.2) is 9.18 Å². The number of rotatable bonds is 2. The summed E-state index contributed by atoms with van der Waals surface area (Å²) in [6.45, 7) is 1.61. The molecule has 4 heteroatoms. The van der Waals surface area contributed by atoms with Crippen molar-refractivity contribution in [2.24, 2.45) is 5.73 Å².